The second-order valence-electron chi connectivity index (χ2n) is 4.30. The third-order valence-electron chi connectivity index (χ3n) is 3.09. The molecule has 0 fully saturated rings. The normalized spacial score (nSPS) is 14.3. The Bertz CT molecular complexity index is 642. The maximum atomic E-state index is 12.4. The number of amides is 1. The van der Waals surface area contributed by atoms with E-state index < -0.39 is 0 Å². The number of carbonyl (C=O) groups excluding carboxylic acids is 1. The highest BCUT2D eigenvalue weighted by molar-refractivity contribution is 14.1. The Morgan fingerprint density at radius 2 is 2.21 bits per heavy atom. The van der Waals surface area contributed by atoms with Gasteiger partial charge in [0.25, 0.3) is 5.91 Å². The molecule has 1 aromatic heterocycles. The highest BCUT2D eigenvalue weighted by atomic mass is 127. The van der Waals surface area contributed by atoms with E-state index in [0.717, 1.165) is 15.9 Å². The van der Waals surface area contributed by atoms with Crippen LogP contribution in [0.2, 0.25) is 5.02 Å². The molecule has 0 saturated carbocycles. The van der Waals surface area contributed by atoms with Gasteiger partial charge < -0.3 is 9.47 Å². The van der Waals surface area contributed by atoms with Gasteiger partial charge in [0.15, 0.2) is 5.82 Å². The zero-order valence-corrected chi connectivity index (χ0v) is 12.8. The van der Waals surface area contributed by atoms with Gasteiger partial charge in [-0.15, -0.1) is 10.2 Å². The minimum Gasteiger partial charge on any atom is -0.329 e. The zero-order valence-electron chi connectivity index (χ0n) is 9.88. The predicted octanol–water partition coefficient (Wildman–Crippen LogP) is 2.19. The van der Waals surface area contributed by atoms with Crippen molar-refractivity contribution < 1.29 is 4.79 Å². The zero-order chi connectivity index (χ0) is 13.4. The molecule has 0 bridgehead atoms. The van der Waals surface area contributed by atoms with Crippen LogP contribution in [0.1, 0.15) is 16.2 Å². The van der Waals surface area contributed by atoms with Gasteiger partial charge in [-0.05, 0) is 40.8 Å². The monoisotopic (exact) mass is 388 g/mol. The predicted molar refractivity (Wildman–Crippen MR) is 78.9 cm³/mol. The van der Waals surface area contributed by atoms with Crippen molar-refractivity contribution in [1.82, 2.24) is 19.7 Å². The summed E-state index contributed by atoms with van der Waals surface area (Å²) in [4.78, 5) is 14.2. The molecule has 0 aliphatic carbocycles. The Kier molecular flexibility index (Phi) is 3.44. The molecule has 1 amide bonds. The summed E-state index contributed by atoms with van der Waals surface area (Å²) in [6, 6.07) is 5.36. The van der Waals surface area contributed by atoms with Crippen molar-refractivity contribution in [1.29, 1.82) is 0 Å². The van der Waals surface area contributed by atoms with Crippen LogP contribution in [0.4, 0.5) is 0 Å². The SMILES string of the molecule is O=C(c1ccc(I)c(Cl)c1)N1CCn2cnnc2C1. The van der Waals surface area contributed by atoms with Gasteiger partial charge in [-0.25, -0.2) is 0 Å². The third-order valence-corrected chi connectivity index (χ3v) is 4.66. The van der Waals surface area contributed by atoms with Gasteiger partial charge in [-0.2, -0.15) is 0 Å². The smallest absolute Gasteiger partial charge is 0.254 e. The van der Waals surface area contributed by atoms with E-state index >= 15 is 0 Å². The van der Waals surface area contributed by atoms with Gasteiger partial charge in [0.1, 0.15) is 6.33 Å². The fraction of sp³-hybridized carbons (Fsp3) is 0.250. The van der Waals surface area contributed by atoms with Crippen LogP contribution in [0.3, 0.4) is 0 Å². The van der Waals surface area contributed by atoms with E-state index in [9.17, 15) is 4.79 Å². The fourth-order valence-corrected chi connectivity index (χ4v) is 2.57. The quantitative estimate of drug-likeness (QED) is 0.704. The fourth-order valence-electron chi connectivity index (χ4n) is 2.05. The van der Waals surface area contributed by atoms with Gasteiger partial charge in [0, 0.05) is 22.2 Å². The van der Waals surface area contributed by atoms with Crippen LogP contribution in [0.5, 0.6) is 0 Å². The maximum absolute atomic E-state index is 12.4. The molecule has 2 aromatic rings. The average Bonchev–Trinajstić information content (AvgIpc) is 2.88. The van der Waals surface area contributed by atoms with Crippen molar-refractivity contribution >= 4 is 40.1 Å². The van der Waals surface area contributed by atoms with E-state index in [2.05, 4.69) is 32.8 Å². The summed E-state index contributed by atoms with van der Waals surface area (Å²) in [5.41, 5.74) is 0.610. The molecule has 0 spiro atoms. The van der Waals surface area contributed by atoms with Crippen molar-refractivity contribution in [3.8, 4) is 0 Å². The second kappa shape index (κ2) is 5.09. The molecule has 5 nitrogen and oxygen atoms in total. The standard InChI is InChI=1S/C12H10ClIN4O/c13-9-5-8(1-2-10(9)14)12(19)17-3-4-18-7-15-16-11(18)6-17/h1-2,5,7H,3-4,6H2. The first-order valence-corrected chi connectivity index (χ1v) is 7.22. The molecule has 19 heavy (non-hydrogen) atoms. The number of nitrogens with zero attached hydrogens (tertiary/aromatic N) is 4. The molecular weight excluding hydrogens is 379 g/mol. The van der Waals surface area contributed by atoms with E-state index in [4.69, 9.17) is 11.6 Å². The Balaban J connectivity index is 1.83. The lowest BCUT2D eigenvalue weighted by atomic mass is 10.2. The molecule has 1 aliphatic heterocycles. The molecule has 0 N–H and O–H groups in total. The summed E-state index contributed by atoms with van der Waals surface area (Å²) in [5.74, 6) is 0.795. The van der Waals surface area contributed by atoms with Crippen molar-refractivity contribution in [3.63, 3.8) is 0 Å². The molecule has 0 unspecified atom stereocenters. The number of carbonyl (C=O) groups is 1. The first kappa shape index (κ1) is 12.9. The largest absolute Gasteiger partial charge is 0.329 e. The number of aromatic nitrogens is 3. The van der Waals surface area contributed by atoms with Crippen LogP contribution >= 0.6 is 34.2 Å². The Morgan fingerprint density at radius 3 is 3.00 bits per heavy atom. The van der Waals surface area contributed by atoms with E-state index in [-0.39, 0.29) is 5.91 Å². The Morgan fingerprint density at radius 1 is 1.37 bits per heavy atom. The van der Waals surface area contributed by atoms with Crippen molar-refractivity contribution in [2.24, 2.45) is 0 Å². The maximum Gasteiger partial charge on any atom is 0.254 e. The van der Waals surface area contributed by atoms with Gasteiger partial charge >= 0.3 is 0 Å². The van der Waals surface area contributed by atoms with Crippen molar-refractivity contribution in [2.75, 3.05) is 6.54 Å². The summed E-state index contributed by atoms with van der Waals surface area (Å²) in [6.45, 7) is 1.88. The van der Waals surface area contributed by atoms with Crippen LogP contribution in [0, 0.1) is 3.57 Å². The van der Waals surface area contributed by atoms with Crippen molar-refractivity contribution in [2.45, 2.75) is 13.1 Å². The van der Waals surface area contributed by atoms with Crippen LogP contribution in [0.15, 0.2) is 24.5 Å². The van der Waals surface area contributed by atoms with E-state index in [1.807, 2.05) is 10.6 Å². The lowest BCUT2D eigenvalue weighted by molar-refractivity contribution is 0.0707. The number of halogens is 2. The lowest BCUT2D eigenvalue weighted by Gasteiger charge is -2.27. The molecular formula is C12H10ClIN4O. The Labute approximate surface area is 128 Å². The van der Waals surface area contributed by atoms with Gasteiger partial charge in [-0.1, -0.05) is 11.6 Å². The molecule has 0 saturated heterocycles. The molecule has 2 heterocycles. The summed E-state index contributed by atoms with van der Waals surface area (Å²) in [6.07, 6.45) is 1.69. The number of hydrogen-bond donors (Lipinski definition) is 0. The van der Waals surface area contributed by atoms with Crippen LogP contribution in [0.25, 0.3) is 0 Å². The number of rotatable bonds is 1. The van der Waals surface area contributed by atoms with E-state index in [0.29, 0.717) is 23.7 Å². The summed E-state index contributed by atoms with van der Waals surface area (Å²) < 4.78 is 2.90. The summed E-state index contributed by atoms with van der Waals surface area (Å²) in [7, 11) is 0. The minimum absolute atomic E-state index is 0.0208. The van der Waals surface area contributed by atoms with E-state index in [1.165, 1.54) is 0 Å². The summed E-state index contributed by atoms with van der Waals surface area (Å²) in [5, 5.41) is 8.46. The topological polar surface area (TPSA) is 51.0 Å². The Hall–Kier alpha value is -1.15. The lowest BCUT2D eigenvalue weighted by Crippen LogP contribution is -2.38. The van der Waals surface area contributed by atoms with Crippen LogP contribution in [-0.4, -0.2) is 32.1 Å². The van der Waals surface area contributed by atoms with Gasteiger partial charge in [0.05, 0.1) is 11.6 Å². The van der Waals surface area contributed by atoms with Gasteiger partial charge in [-0.3, -0.25) is 4.79 Å². The number of hydrogen-bond acceptors (Lipinski definition) is 3. The minimum atomic E-state index is -0.0208. The molecule has 0 atom stereocenters. The molecule has 1 aliphatic rings. The average molecular weight is 389 g/mol. The molecule has 1 aromatic carbocycles. The molecule has 0 radical (unpaired) electrons. The first-order valence-electron chi connectivity index (χ1n) is 5.76. The molecule has 7 heteroatoms. The van der Waals surface area contributed by atoms with Crippen molar-refractivity contribution in [3.05, 3.63) is 44.5 Å². The van der Waals surface area contributed by atoms with Gasteiger partial charge in [0.2, 0.25) is 0 Å². The molecule has 98 valence electrons. The van der Waals surface area contributed by atoms with E-state index in [1.54, 1.807) is 23.4 Å². The number of benzene rings is 1. The highest BCUT2D eigenvalue weighted by Gasteiger charge is 2.23. The molecule has 3 rings (SSSR count). The van der Waals surface area contributed by atoms with Crippen LogP contribution in [-0.2, 0) is 13.1 Å². The summed E-state index contributed by atoms with van der Waals surface area (Å²) >= 11 is 8.20. The second-order valence-corrected chi connectivity index (χ2v) is 5.87. The third kappa shape index (κ3) is 2.46. The van der Waals surface area contributed by atoms with Crippen LogP contribution < -0.4 is 0 Å². The first-order chi connectivity index (χ1) is 9.15. The number of fused-ring (bicyclic) bond motifs is 1. The highest BCUT2D eigenvalue weighted by Crippen LogP contribution is 2.21.